The molecule has 0 bridgehead atoms. The largest absolute Gasteiger partial charge is 0.496 e. The molecule has 8 heteroatoms. The highest BCUT2D eigenvalue weighted by molar-refractivity contribution is 7.90. The number of benzene rings is 3. The molecule has 0 saturated heterocycles. The molecule has 0 aliphatic carbocycles. The number of fused-ring (bicyclic) bond motifs is 1. The monoisotopic (exact) mass is 485 g/mol. The van der Waals surface area contributed by atoms with Crippen LogP contribution in [0.5, 0.6) is 5.75 Å². The van der Waals surface area contributed by atoms with Crippen molar-refractivity contribution in [3.05, 3.63) is 103 Å². The highest BCUT2D eigenvalue weighted by Crippen LogP contribution is 2.37. The second-order valence-electron chi connectivity index (χ2n) is 7.93. The standard InChI is InChI=1S/C27H20FN3O3S/c1-34-26-8-5-19(18-3-2-4-21(28)13-18)15-25(26)27-24-7-6-23(14-20(24)9-12-30-27)35(32,33)16-22-10-11-29-17-31-22/h2-15,17H,16H2,1H3. The van der Waals surface area contributed by atoms with Crippen LogP contribution in [0.1, 0.15) is 5.69 Å². The quantitative estimate of drug-likeness (QED) is 0.317. The Morgan fingerprint density at radius 1 is 0.886 bits per heavy atom. The Labute approximate surface area is 202 Å². The number of rotatable bonds is 6. The first-order valence-electron chi connectivity index (χ1n) is 10.8. The van der Waals surface area contributed by atoms with Crippen molar-refractivity contribution < 1.29 is 17.5 Å². The molecule has 0 N–H and O–H groups in total. The van der Waals surface area contributed by atoms with Crippen LogP contribution in [0.25, 0.3) is 33.2 Å². The van der Waals surface area contributed by atoms with E-state index in [2.05, 4.69) is 15.0 Å². The summed E-state index contributed by atoms with van der Waals surface area (Å²) in [5, 5.41) is 1.49. The number of hydrogen-bond acceptors (Lipinski definition) is 6. The summed E-state index contributed by atoms with van der Waals surface area (Å²) in [6, 6.07) is 20.3. The van der Waals surface area contributed by atoms with E-state index in [0.717, 1.165) is 27.5 Å². The van der Waals surface area contributed by atoms with Gasteiger partial charge in [0.1, 0.15) is 17.9 Å². The molecule has 2 heterocycles. The van der Waals surface area contributed by atoms with E-state index in [1.165, 1.54) is 24.7 Å². The van der Waals surface area contributed by atoms with Crippen LogP contribution < -0.4 is 4.74 Å². The van der Waals surface area contributed by atoms with E-state index in [0.29, 0.717) is 17.1 Å². The number of sulfone groups is 1. The third-order valence-corrected chi connectivity index (χ3v) is 7.34. The van der Waals surface area contributed by atoms with E-state index >= 15 is 0 Å². The fourth-order valence-electron chi connectivity index (χ4n) is 3.99. The Morgan fingerprint density at radius 3 is 2.51 bits per heavy atom. The molecule has 0 fully saturated rings. The predicted octanol–water partition coefficient (Wildman–Crippen LogP) is 5.48. The predicted molar refractivity (Wildman–Crippen MR) is 132 cm³/mol. The van der Waals surface area contributed by atoms with Crippen LogP contribution in [0.4, 0.5) is 4.39 Å². The zero-order valence-electron chi connectivity index (χ0n) is 18.7. The first-order valence-corrected chi connectivity index (χ1v) is 12.4. The van der Waals surface area contributed by atoms with E-state index in [4.69, 9.17) is 4.74 Å². The van der Waals surface area contributed by atoms with Gasteiger partial charge in [0.15, 0.2) is 9.84 Å². The highest BCUT2D eigenvalue weighted by atomic mass is 32.2. The molecule has 0 unspecified atom stereocenters. The van der Waals surface area contributed by atoms with Gasteiger partial charge in [0, 0.05) is 23.3 Å². The Bertz CT molecular complexity index is 1640. The van der Waals surface area contributed by atoms with Crippen LogP contribution in [0.15, 0.2) is 96.4 Å². The van der Waals surface area contributed by atoms with Crippen LogP contribution in [-0.2, 0) is 15.6 Å². The van der Waals surface area contributed by atoms with Crippen molar-refractivity contribution in [2.75, 3.05) is 7.11 Å². The van der Waals surface area contributed by atoms with Crippen LogP contribution in [0.3, 0.4) is 0 Å². The Balaban J connectivity index is 1.60. The molecule has 3 aromatic carbocycles. The van der Waals surface area contributed by atoms with E-state index in [-0.39, 0.29) is 16.5 Å². The van der Waals surface area contributed by atoms with E-state index in [1.54, 1.807) is 49.7 Å². The highest BCUT2D eigenvalue weighted by Gasteiger charge is 2.19. The molecule has 5 rings (SSSR count). The lowest BCUT2D eigenvalue weighted by Gasteiger charge is -2.13. The van der Waals surface area contributed by atoms with Crippen molar-refractivity contribution in [1.82, 2.24) is 15.0 Å². The number of pyridine rings is 1. The fourth-order valence-corrected chi connectivity index (χ4v) is 5.29. The molecule has 35 heavy (non-hydrogen) atoms. The summed E-state index contributed by atoms with van der Waals surface area (Å²) in [6.07, 6.45) is 4.48. The summed E-state index contributed by atoms with van der Waals surface area (Å²) >= 11 is 0. The molecule has 0 amide bonds. The minimum absolute atomic E-state index is 0.196. The SMILES string of the molecule is COc1ccc(-c2cccc(F)c2)cc1-c1nccc2cc(S(=O)(=O)Cc3ccncn3)ccc12. The maximum absolute atomic E-state index is 13.8. The molecule has 0 radical (unpaired) electrons. The van der Waals surface area contributed by atoms with Gasteiger partial charge in [0.2, 0.25) is 0 Å². The molecule has 0 atom stereocenters. The summed E-state index contributed by atoms with van der Waals surface area (Å²) < 4.78 is 45.4. The van der Waals surface area contributed by atoms with Gasteiger partial charge in [-0.05, 0) is 65.0 Å². The maximum Gasteiger partial charge on any atom is 0.184 e. The third-order valence-electron chi connectivity index (χ3n) is 5.69. The molecule has 5 aromatic rings. The zero-order chi connectivity index (χ0) is 24.4. The van der Waals surface area contributed by atoms with Crippen molar-refractivity contribution in [2.24, 2.45) is 0 Å². The summed E-state index contributed by atoms with van der Waals surface area (Å²) in [4.78, 5) is 12.6. The van der Waals surface area contributed by atoms with Gasteiger partial charge in [-0.3, -0.25) is 4.98 Å². The molecule has 0 aliphatic rings. The first kappa shape index (κ1) is 22.6. The van der Waals surface area contributed by atoms with Crippen LogP contribution in [0.2, 0.25) is 0 Å². The average Bonchev–Trinajstić information content (AvgIpc) is 2.88. The van der Waals surface area contributed by atoms with Crippen molar-refractivity contribution >= 4 is 20.6 Å². The molecule has 174 valence electrons. The minimum atomic E-state index is -3.61. The van der Waals surface area contributed by atoms with Crippen LogP contribution in [-0.4, -0.2) is 30.5 Å². The molecule has 0 saturated carbocycles. The minimum Gasteiger partial charge on any atom is -0.496 e. The zero-order valence-corrected chi connectivity index (χ0v) is 19.5. The summed E-state index contributed by atoms with van der Waals surface area (Å²) in [7, 11) is -2.04. The lowest BCUT2D eigenvalue weighted by atomic mass is 9.98. The Hall–Kier alpha value is -4.17. The average molecular weight is 486 g/mol. The van der Waals surface area contributed by atoms with E-state index in [1.807, 2.05) is 24.3 Å². The fraction of sp³-hybridized carbons (Fsp3) is 0.0741. The summed E-state index contributed by atoms with van der Waals surface area (Å²) in [6.45, 7) is 0. The van der Waals surface area contributed by atoms with Crippen LogP contribution in [0, 0.1) is 5.82 Å². The molecular weight excluding hydrogens is 465 g/mol. The van der Waals surface area contributed by atoms with Crippen molar-refractivity contribution in [3.8, 4) is 28.1 Å². The molecule has 0 aliphatic heterocycles. The van der Waals surface area contributed by atoms with Gasteiger partial charge >= 0.3 is 0 Å². The number of methoxy groups -OCH3 is 1. The van der Waals surface area contributed by atoms with Gasteiger partial charge in [-0.25, -0.2) is 22.8 Å². The number of halogens is 1. The number of ether oxygens (including phenoxy) is 1. The van der Waals surface area contributed by atoms with Crippen molar-refractivity contribution in [1.29, 1.82) is 0 Å². The van der Waals surface area contributed by atoms with Crippen molar-refractivity contribution in [2.45, 2.75) is 10.6 Å². The van der Waals surface area contributed by atoms with E-state index in [9.17, 15) is 12.8 Å². The second-order valence-corrected chi connectivity index (χ2v) is 9.92. The smallest absolute Gasteiger partial charge is 0.184 e. The van der Waals surface area contributed by atoms with Gasteiger partial charge in [0.25, 0.3) is 0 Å². The normalized spacial score (nSPS) is 11.5. The van der Waals surface area contributed by atoms with Crippen molar-refractivity contribution in [3.63, 3.8) is 0 Å². The number of hydrogen-bond donors (Lipinski definition) is 0. The number of nitrogens with zero attached hydrogens (tertiary/aromatic N) is 3. The maximum atomic E-state index is 13.8. The van der Waals surface area contributed by atoms with Gasteiger partial charge in [-0.1, -0.05) is 24.3 Å². The van der Waals surface area contributed by atoms with Crippen LogP contribution >= 0.6 is 0 Å². The molecule has 0 spiro atoms. The summed E-state index contributed by atoms with van der Waals surface area (Å²) in [5.74, 6) is 0.0621. The molecular formula is C27H20FN3O3S. The molecule has 6 nitrogen and oxygen atoms in total. The van der Waals surface area contributed by atoms with Gasteiger partial charge in [-0.15, -0.1) is 0 Å². The Morgan fingerprint density at radius 2 is 1.74 bits per heavy atom. The summed E-state index contributed by atoms with van der Waals surface area (Å²) in [5.41, 5.74) is 3.32. The second kappa shape index (κ2) is 9.23. The first-order chi connectivity index (χ1) is 16.9. The molecule has 2 aromatic heterocycles. The Kier molecular flexibility index (Phi) is 5.96. The van der Waals surface area contributed by atoms with Gasteiger partial charge in [0.05, 0.1) is 29.1 Å². The van der Waals surface area contributed by atoms with E-state index < -0.39 is 9.84 Å². The third kappa shape index (κ3) is 4.61. The topological polar surface area (TPSA) is 82.0 Å². The lowest BCUT2D eigenvalue weighted by molar-refractivity contribution is 0.416. The van der Waals surface area contributed by atoms with Gasteiger partial charge < -0.3 is 4.74 Å². The number of aromatic nitrogens is 3. The lowest BCUT2D eigenvalue weighted by Crippen LogP contribution is -2.06. The van der Waals surface area contributed by atoms with Gasteiger partial charge in [-0.2, -0.15) is 0 Å².